The maximum Gasteiger partial charge on any atom is 0.140 e. The first kappa shape index (κ1) is 11.8. The molecule has 0 bridgehead atoms. The number of hydrogen-bond acceptors (Lipinski definition) is 2. The second kappa shape index (κ2) is 4.43. The van der Waals surface area contributed by atoms with E-state index < -0.39 is 0 Å². The van der Waals surface area contributed by atoms with Crippen LogP contribution in [0.3, 0.4) is 0 Å². The van der Waals surface area contributed by atoms with Crippen molar-refractivity contribution in [2.24, 2.45) is 0 Å². The largest absolute Gasteiger partial charge is 0.277 e. The molecule has 0 saturated heterocycles. The lowest BCUT2D eigenvalue weighted by molar-refractivity contribution is 1.12. The van der Waals surface area contributed by atoms with Crippen molar-refractivity contribution in [1.82, 2.24) is 15.2 Å². The van der Waals surface area contributed by atoms with Gasteiger partial charge < -0.3 is 0 Å². The summed E-state index contributed by atoms with van der Waals surface area (Å²) in [6, 6.07) is 5.35. The molecule has 0 aliphatic carbocycles. The van der Waals surface area contributed by atoms with E-state index in [1.165, 1.54) is 0 Å². The zero-order valence-corrected chi connectivity index (χ0v) is 11.2. The quantitative estimate of drug-likeness (QED) is 0.668. The first-order chi connectivity index (χ1) is 8.68. The lowest BCUT2D eigenvalue weighted by Gasteiger charge is -2.08. The second-order valence-corrected chi connectivity index (χ2v) is 4.89. The summed E-state index contributed by atoms with van der Waals surface area (Å²) in [6.07, 6.45) is 3.26. The molecule has 0 amide bonds. The van der Waals surface area contributed by atoms with E-state index in [2.05, 4.69) is 15.2 Å². The van der Waals surface area contributed by atoms with Gasteiger partial charge in [0.15, 0.2) is 0 Å². The Hall–Kier alpha value is -1.29. The van der Waals surface area contributed by atoms with Crippen molar-refractivity contribution < 1.29 is 0 Å². The lowest BCUT2D eigenvalue weighted by atomic mass is 10.1. The minimum absolute atomic E-state index is 0.394. The van der Waals surface area contributed by atoms with Gasteiger partial charge in [0.05, 0.1) is 27.1 Å². The van der Waals surface area contributed by atoms with Gasteiger partial charge in [0, 0.05) is 17.3 Å². The number of H-pyrrole nitrogens is 1. The van der Waals surface area contributed by atoms with Crippen molar-refractivity contribution in [2.75, 3.05) is 0 Å². The molecule has 0 radical (unpaired) electrons. The summed E-state index contributed by atoms with van der Waals surface area (Å²) < 4.78 is 0. The maximum atomic E-state index is 6.19. The van der Waals surface area contributed by atoms with Crippen molar-refractivity contribution in [1.29, 1.82) is 0 Å². The molecule has 0 fully saturated rings. The number of aromatic nitrogens is 3. The lowest BCUT2D eigenvalue weighted by Crippen LogP contribution is -1.87. The van der Waals surface area contributed by atoms with Crippen molar-refractivity contribution in [2.45, 2.75) is 0 Å². The topological polar surface area (TPSA) is 41.6 Å². The van der Waals surface area contributed by atoms with E-state index in [0.717, 1.165) is 22.0 Å². The molecular formula is C12H6Cl3N3. The van der Waals surface area contributed by atoms with Crippen LogP contribution in [0.5, 0.6) is 0 Å². The molecule has 0 unspecified atom stereocenters. The van der Waals surface area contributed by atoms with Gasteiger partial charge in [-0.05, 0) is 12.1 Å². The summed E-state index contributed by atoms with van der Waals surface area (Å²) in [6.45, 7) is 0. The highest BCUT2D eigenvalue weighted by molar-refractivity contribution is 6.40. The number of hydrogen-bond donors (Lipinski definition) is 1. The Labute approximate surface area is 118 Å². The van der Waals surface area contributed by atoms with Crippen LogP contribution in [0.25, 0.3) is 22.0 Å². The molecule has 1 aromatic carbocycles. The fourth-order valence-electron chi connectivity index (χ4n) is 1.85. The summed E-state index contributed by atoms with van der Waals surface area (Å²) >= 11 is 18.4. The minimum atomic E-state index is 0.394. The van der Waals surface area contributed by atoms with Gasteiger partial charge in [0.2, 0.25) is 0 Å². The van der Waals surface area contributed by atoms with E-state index in [1.807, 2.05) is 0 Å². The number of halogens is 3. The SMILES string of the molecule is Clc1cccc(Cl)c1-c1cnc(Cl)c2cn[nH]c12. The fraction of sp³-hybridized carbons (Fsp3) is 0. The van der Waals surface area contributed by atoms with E-state index in [9.17, 15) is 0 Å². The highest BCUT2D eigenvalue weighted by Crippen LogP contribution is 2.38. The molecule has 0 aliphatic rings. The third-order valence-electron chi connectivity index (χ3n) is 2.67. The Bertz CT molecular complexity index is 716. The summed E-state index contributed by atoms with van der Waals surface area (Å²) in [5, 5.41) is 9.11. The normalized spacial score (nSPS) is 11.1. The molecule has 6 heteroatoms. The predicted molar refractivity (Wildman–Crippen MR) is 74.4 cm³/mol. The summed E-state index contributed by atoms with van der Waals surface area (Å²) in [5.41, 5.74) is 2.27. The molecule has 0 aliphatic heterocycles. The van der Waals surface area contributed by atoms with Gasteiger partial charge >= 0.3 is 0 Å². The van der Waals surface area contributed by atoms with E-state index >= 15 is 0 Å². The second-order valence-electron chi connectivity index (χ2n) is 3.72. The van der Waals surface area contributed by atoms with Gasteiger partial charge in [-0.25, -0.2) is 4.98 Å². The van der Waals surface area contributed by atoms with Gasteiger partial charge in [0.25, 0.3) is 0 Å². The van der Waals surface area contributed by atoms with E-state index in [4.69, 9.17) is 34.8 Å². The third kappa shape index (κ3) is 1.75. The van der Waals surface area contributed by atoms with Crippen molar-refractivity contribution in [3.8, 4) is 11.1 Å². The Morgan fingerprint density at radius 2 is 1.72 bits per heavy atom. The van der Waals surface area contributed by atoms with Gasteiger partial charge in [-0.15, -0.1) is 0 Å². The standard InChI is InChI=1S/C12H6Cl3N3/c13-8-2-1-3-9(14)10(8)6-4-16-12(15)7-5-17-18-11(6)7/h1-5H,(H,17,18). The van der Waals surface area contributed by atoms with Crippen molar-refractivity contribution in [3.05, 3.63) is 45.8 Å². The first-order valence-corrected chi connectivity index (χ1v) is 6.24. The van der Waals surface area contributed by atoms with Gasteiger partial charge in [0.1, 0.15) is 5.15 Å². The van der Waals surface area contributed by atoms with Crippen LogP contribution in [-0.4, -0.2) is 15.2 Å². The van der Waals surface area contributed by atoms with E-state index in [1.54, 1.807) is 30.6 Å². The van der Waals surface area contributed by atoms with Crippen LogP contribution >= 0.6 is 34.8 Å². The Kier molecular flexibility index (Phi) is 2.90. The summed E-state index contributed by atoms with van der Waals surface area (Å²) in [4.78, 5) is 4.13. The summed E-state index contributed by atoms with van der Waals surface area (Å²) in [7, 11) is 0. The van der Waals surface area contributed by atoms with Crippen molar-refractivity contribution in [3.63, 3.8) is 0 Å². The highest BCUT2D eigenvalue weighted by Gasteiger charge is 2.14. The molecule has 90 valence electrons. The zero-order chi connectivity index (χ0) is 12.7. The Morgan fingerprint density at radius 3 is 2.44 bits per heavy atom. The molecule has 18 heavy (non-hydrogen) atoms. The highest BCUT2D eigenvalue weighted by atomic mass is 35.5. The molecule has 3 rings (SSSR count). The Morgan fingerprint density at radius 1 is 1.00 bits per heavy atom. The van der Waals surface area contributed by atoms with E-state index in [-0.39, 0.29) is 0 Å². The number of pyridine rings is 1. The number of benzene rings is 1. The summed E-state index contributed by atoms with van der Waals surface area (Å²) in [5.74, 6) is 0. The molecule has 0 atom stereocenters. The van der Waals surface area contributed by atoms with Crippen LogP contribution in [0.2, 0.25) is 15.2 Å². The average molecular weight is 299 g/mol. The number of nitrogens with one attached hydrogen (secondary N) is 1. The number of nitrogens with zero attached hydrogens (tertiary/aromatic N) is 2. The molecule has 2 heterocycles. The number of fused-ring (bicyclic) bond motifs is 1. The van der Waals surface area contributed by atoms with Crippen LogP contribution in [-0.2, 0) is 0 Å². The average Bonchev–Trinajstić information content (AvgIpc) is 2.81. The zero-order valence-electron chi connectivity index (χ0n) is 8.92. The van der Waals surface area contributed by atoms with Crippen LogP contribution in [0.1, 0.15) is 0 Å². The molecule has 0 spiro atoms. The Balaban J connectivity index is 2.39. The number of aromatic amines is 1. The molecular weight excluding hydrogens is 293 g/mol. The monoisotopic (exact) mass is 297 g/mol. The van der Waals surface area contributed by atoms with Gasteiger partial charge in [-0.2, -0.15) is 5.10 Å². The molecule has 1 N–H and O–H groups in total. The van der Waals surface area contributed by atoms with E-state index in [0.29, 0.717) is 15.2 Å². The maximum absolute atomic E-state index is 6.19. The van der Waals surface area contributed by atoms with Crippen molar-refractivity contribution >= 4 is 45.7 Å². The third-order valence-corrected chi connectivity index (χ3v) is 3.60. The number of rotatable bonds is 1. The molecule has 2 aromatic heterocycles. The first-order valence-electron chi connectivity index (χ1n) is 5.10. The molecule has 3 nitrogen and oxygen atoms in total. The smallest absolute Gasteiger partial charge is 0.140 e. The van der Waals surface area contributed by atoms with Gasteiger partial charge in [-0.3, -0.25) is 5.10 Å². The van der Waals surface area contributed by atoms with Crippen LogP contribution in [0.15, 0.2) is 30.6 Å². The van der Waals surface area contributed by atoms with Crippen LogP contribution in [0.4, 0.5) is 0 Å². The van der Waals surface area contributed by atoms with Gasteiger partial charge in [-0.1, -0.05) is 40.9 Å². The molecule has 0 saturated carbocycles. The predicted octanol–water partition coefficient (Wildman–Crippen LogP) is 4.59. The van der Waals surface area contributed by atoms with Crippen LogP contribution in [0, 0.1) is 0 Å². The molecule has 3 aromatic rings. The fourth-order valence-corrected chi connectivity index (χ4v) is 2.64. The van der Waals surface area contributed by atoms with Crippen LogP contribution < -0.4 is 0 Å². The minimum Gasteiger partial charge on any atom is -0.277 e.